The minimum atomic E-state index is -3.90. The summed E-state index contributed by atoms with van der Waals surface area (Å²) < 4.78 is 22.7. The number of sulfonamides is 1. The second-order valence-corrected chi connectivity index (χ2v) is 9.67. The Morgan fingerprint density at radius 3 is 2.18 bits per heavy atom. The number of hydrazine groups is 1. The van der Waals surface area contributed by atoms with Crippen LogP contribution in [0, 0.1) is 13.8 Å². The maximum absolute atomic E-state index is 12.4. The molecule has 0 spiro atoms. The van der Waals surface area contributed by atoms with Gasteiger partial charge in [-0.25, -0.2) is 18.5 Å². The molecule has 0 radical (unpaired) electrons. The smallest absolute Gasteiger partial charge is 0.266 e. The molecule has 3 aromatic rings. The van der Waals surface area contributed by atoms with E-state index in [1.54, 1.807) is 13.8 Å². The van der Waals surface area contributed by atoms with E-state index in [9.17, 15) is 18.0 Å². The molecule has 8 nitrogen and oxygen atoms in total. The second-order valence-electron chi connectivity index (χ2n) is 5.83. The van der Waals surface area contributed by atoms with Crippen molar-refractivity contribution in [2.45, 2.75) is 18.1 Å². The number of aryl methyl sites for hydroxylation is 2. The Morgan fingerprint density at radius 2 is 1.61 bits per heavy atom. The van der Waals surface area contributed by atoms with Gasteiger partial charge in [-0.15, -0.1) is 22.7 Å². The molecule has 2 amide bonds. The Hall–Kier alpha value is -2.60. The van der Waals surface area contributed by atoms with Crippen molar-refractivity contribution in [1.29, 1.82) is 0 Å². The van der Waals surface area contributed by atoms with Gasteiger partial charge in [-0.2, -0.15) is 0 Å². The molecular formula is C17H16N4O4S3. The molecule has 0 aliphatic heterocycles. The first-order chi connectivity index (χ1) is 13.2. The third-order valence-corrected chi connectivity index (χ3v) is 7.56. The zero-order valence-corrected chi connectivity index (χ0v) is 17.3. The summed E-state index contributed by atoms with van der Waals surface area (Å²) in [6.45, 7) is 3.29. The number of carbonyl (C=O) groups excluding carboxylic acids is 2. The molecule has 28 heavy (non-hydrogen) atoms. The van der Waals surface area contributed by atoms with Gasteiger partial charge in [0.2, 0.25) is 10.0 Å². The van der Waals surface area contributed by atoms with Gasteiger partial charge in [-0.3, -0.25) is 20.4 Å². The second kappa shape index (κ2) is 7.80. The summed E-state index contributed by atoms with van der Waals surface area (Å²) in [6.07, 6.45) is 0. The van der Waals surface area contributed by atoms with Crippen molar-refractivity contribution in [3.05, 3.63) is 57.4 Å². The Balaban J connectivity index is 1.72. The van der Waals surface area contributed by atoms with Crippen LogP contribution in [0.4, 0.5) is 0 Å². The van der Waals surface area contributed by atoms with E-state index in [2.05, 4.69) is 15.8 Å². The minimum absolute atomic E-state index is 0.118. The number of nitrogens with one attached hydrogen (secondary N) is 2. The van der Waals surface area contributed by atoms with Crippen molar-refractivity contribution >= 4 is 44.5 Å². The van der Waals surface area contributed by atoms with E-state index < -0.39 is 21.8 Å². The third-order valence-electron chi connectivity index (χ3n) is 3.69. The fourth-order valence-corrected chi connectivity index (χ4v) is 5.18. The summed E-state index contributed by atoms with van der Waals surface area (Å²) in [5.41, 5.74) is 6.51. The van der Waals surface area contributed by atoms with Crippen LogP contribution in [0.1, 0.15) is 30.6 Å². The lowest BCUT2D eigenvalue weighted by molar-refractivity contribution is 0.0850. The first kappa shape index (κ1) is 20.1. The summed E-state index contributed by atoms with van der Waals surface area (Å²) in [6, 6.07) is 10.8. The topological polar surface area (TPSA) is 131 Å². The zero-order chi connectivity index (χ0) is 20.5. The standard InChI is InChI=1S/C17H16N4O4S3/c1-9-8-12(28(18,24)25)26-13(9)15(22)20-21-16(23)14-10(2)19-17(27-14)11-6-4-3-5-7-11/h3-8H,1-2H3,(H,20,22)(H,21,23)(H2,18,24,25). The van der Waals surface area contributed by atoms with E-state index in [1.807, 2.05) is 30.3 Å². The summed E-state index contributed by atoms with van der Waals surface area (Å²) in [7, 11) is -3.90. The van der Waals surface area contributed by atoms with Crippen LogP contribution in [0.5, 0.6) is 0 Å². The van der Waals surface area contributed by atoms with Gasteiger partial charge in [0.15, 0.2) is 0 Å². The van der Waals surface area contributed by atoms with Gasteiger partial charge in [-0.1, -0.05) is 30.3 Å². The van der Waals surface area contributed by atoms with Gasteiger partial charge < -0.3 is 0 Å². The van der Waals surface area contributed by atoms with E-state index in [4.69, 9.17) is 5.14 Å². The highest BCUT2D eigenvalue weighted by Crippen LogP contribution is 2.28. The number of hydrogen-bond donors (Lipinski definition) is 3. The highest BCUT2D eigenvalue weighted by atomic mass is 32.2. The van der Waals surface area contributed by atoms with E-state index in [0.29, 0.717) is 21.1 Å². The first-order valence-corrected chi connectivity index (χ1v) is 11.1. The molecule has 2 aromatic heterocycles. The number of aromatic nitrogens is 1. The number of nitrogens with zero attached hydrogens (tertiary/aromatic N) is 1. The molecule has 146 valence electrons. The molecule has 11 heteroatoms. The van der Waals surface area contributed by atoms with Crippen molar-refractivity contribution < 1.29 is 18.0 Å². The minimum Gasteiger partial charge on any atom is -0.266 e. The Kier molecular flexibility index (Phi) is 5.61. The van der Waals surface area contributed by atoms with Crippen LogP contribution in [-0.4, -0.2) is 25.2 Å². The van der Waals surface area contributed by atoms with Crippen LogP contribution in [0.3, 0.4) is 0 Å². The van der Waals surface area contributed by atoms with Crippen molar-refractivity contribution in [3.63, 3.8) is 0 Å². The van der Waals surface area contributed by atoms with E-state index >= 15 is 0 Å². The van der Waals surface area contributed by atoms with Crippen molar-refractivity contribution in [2.24, 2.45) is 5.14 Å². The number of rotatable bonds is 4. The predicted molar refractivity (Wildman–Crippen MR) is 108 cm³/mol. The SMILES string of the molecule is Cc1cc(S(N)(=O)=O)sc1C(=O)NNC(=O)c1sc(-c2ccccc2)nc1C. The van der Waals surface area contributed by atoms with Crippen LogP contribution in [-0.2, 0) is 10.0 Å². The molecule has 0 fully saturated rings. The molecule has 0 unspecified atom stereocenters. The molecule has 2 heterocycles. The summed E-state index contributed by atoms with van der Waals surface area (Å²) in [5, 5.41) is 5.78. The number of nitrogens with two attached hydrogens (primary N) is 1. The third kappa shape index (κ3) is 4.28. The molecule has 4 N–H and O–H groups in total. The predicted octanol–water partition coefficient (Wildman–Crippen LogP) is 2.21. The first-order valence-electron chi connectivity index (χ1n) is 7.93. The Bertz CT molecular complexity index is 1150. The van der Waals surface area contributed by atoms with Crippen LogP contribution in [0.25, 0.3) is 10.6 Å². The number of amides is 2. The van der Waals surface area contributed by atoms with Crippen LogP contribution < -0.4 is 16.0 Å². The van der Waals surface area contributed by atoms with Gasteiger partial charge in [0.25, 0.3) is 11.8 Å². The average molecular weight is 437 g/mol. The van der Waals surface area contributed by atoms with Crippen molar-refractivity contribution in [3.8, 4) is 10.6 Å². The van der Waals surface area contributed by atoms with Gasteiger partial charge in [0.1, 0.15) is 14.1 Å². The lowest BCUT2D eigenvalue weighted by atomic mass is 10.2. The molecular weight excluding hydrogens is 420 g/mol. The fourth-order valence-electron chi connectivity index (χ4n) is 2.36. The molecule has 1 aromatic carbocycles. The molecule has 0 saturated heterocycles. The van der Waals surface area contributed by atoms with Gasteiger partial charge in [-0.05, 0) is 25.5 Å². The largest absolute Gasteiger partial charge is 0.281 e. The van der Waals surface area contributed by atoms with Crippen molar-refractivity contribution in [1.82, 2.24) is 15.8 Å². The maximum atomic E-state index is 12.4. The van der Waals surface area contributed by atoms with E-state index in [-0.39, 0.29) is 9.09 Å². The summed E-state index contributed by atoms with van der Waals surface area (Å²) >= 11 is 1.95. The number of hydrogen-bond acceptors (Lipinski definition) is 7. The summed E-state index contributed by atoms with van der Waals surface area (Å²) in [5.74, 6) is -1.14. The molecule has 0 atom stereocenters. The lowest BCUT2D eigenvalue weighted by Gasteiger charge is -2.05. The monoisotopic (exact) mass is 436 g/mol. The molecule has 0 bridgehead atoms. The highest BCUT2D eigenvalue weighted by Gasteiger charge is 2.21. The van der Waals surface area contributed by atoms with Gasteiger partial charge in [0.05, 0.1) is 10.6 Å². The van der Waals surface area contributed by atoms with Gasteiger partial charge in [0, 0.05) is 5.56 Å². The van der Waals surface area contributed by atoms with Crippen LogP contribution in [0.2, 0.25) is 0 Å². The number of thiazole rings is 1. The lowest BCUT2D eigenvalue weighted by Crippen LogP contribution is -2.41. The Labute approximate surface area is 169 Å². The summed E-state index contributed by atoms with van der Waals surface area (Å²) in [4.78, 5) is 29.6. The average Bonchev–Trinajstić information content (AvgIpc) is 3.23. The number of benzene rings is 1. The molecule has 3 rings (SSSR count). The maximum Gasteiger partial charge on any atom is 0.281 e. The number of carbonyl (C=O) groups is 2. The molecule has 0 aliphatic rings. The zero-order valence-electron chi connectivity index (χ0n) is 14.8. The quantitative estimate of drug-likeness (QED) is 0.540. The van der Waals surface area contributed by atoms with Gasteiger partial charge >= 0.3 is 0 Å². The Morgan fingerprint density at radius 1 is 1.00 bits per heavy atom. The van der Waals surface area contributed by atoms with Crippen LogP contribution >= 0.6 is 22.7 Å². The van der Waals surface area contributed by atoms with E-state index in [0.717, 1.165) is 16.9 Å². The number of primary sulfonamides is 1. The normalized spacial score (nSPS) is 11.2. The number of thiophene rings is 1. The van der Waals surface area contributed by atoms with Crippen LogP contribution in [0.15, 0.2) is 40.6 Å². The molecule has 0 aliphatic carbocycles. The van der Waals surface area contributed by atoms with Crippen molar-refractivity contribution in [2.75, 3.05) is 0 Å². The fraction of sp³-hybridized carbons (Fsp3) is 0.118. The highest BCUT2D eigenvalue weighted by molar-refractivity contribution is 7.91. The molecule has 0 saturated carbocycles. The van der Waals surface area contributed by atoms with E-state index in [1.165, 1.54) is 17.4 Å².